The zero-order valence-electron chi connectivity index (χ0n) is 11.4. The smallest absolute Gasteiger partial charge is 0.259 e. The molecule has 1 amide bonds. The summed E-state index contributed by atoms with van der Waals surface area (Å²) in [5, 5.41) is 2.47. The van der Waals surface area contributed by atoms with Crippen molar-refractivity contribution >= 4 is 11.6 Å². The molecule has 0 spiro atoms. The van der Waals surface area contributed by atoms with Crippen LogP contribution in [0, 0.1) is 11.6 Å². The zero-order chi connectivity index (χ0) is 15.4. The molecule has 2 aromatic rings. The molecule has 0 saturated heterocycles. The number of anilines is 1. The standard InChI is InChI=1S/C15H13F2NO3/c1-20-13-5-3-4-10(14(13)21-2)15(19)18-9-6-7-11(16)12(17)8-9/h3-8H,1-2H3,(H,18,19). The second kappa shape index (κ2) is 6.21. The van der Waals surface area contributed by atoms with E-state index in [2.05, 4.69) is 5.32 Å². The molecule has 6 heteroatoms. The van der Waals surface area contributed by atoms with Crippen molar-refractivity contribution in [2.24, 2.45) is 0 Å². The van der Waals surface area contributed by atoms with Crippen LogP contribution in [0.2, 0.25) is 0 Å². The van der Waals surface area contributed by atoms with Crippen LogP contribution >= 0.6 is 0 Å². The SMILES string of the molecule is COc1cccc(C(=O)Nc2ccc(F)c(F)c2)c1OC. The van der Waals surface area contributed by atoms with E-state index in [4.69, 9.17) is 9.47 Å². The Morgan fingerprint density at radius 3 is 2.43 bits per heavy atom. The number of ether oxygens (including phenoxy) is 2. The normalized spacial score (nSPS) is 10.1. The van der Waals surface area contributed by atoms with Gasteiger partial charge in [-0.2, -0.15) is 0 Å². The van der Waals surface area contributed by atoms with E-state index in [1.165, 1.54) is 26.4 Å². The Morgan fingerprint density at radius 1 is 1.05 bits per heavy atom. The fourth-order valence-electron chi connectivity index (χ4n) is 1.84. The van der Waals surface area contributed by atoms with Gasteiger partial charge in [-0.1, -0.05) is 6.07 Å². The average molecular weight is 293 g/mol. The highest BCUT2D eigenvalue weighted by atomic mass is 19.2. The predicted molar refractivity (Wildman–Crippen MR) is 73.9 cm³/mol. The first-order valence-electron chi connectivity index (χ1n) is 6.04. The summed E-state index contributed by atoms with van der Waals surface area (Å²) in [5.41, 5.74) is 0.366. The molecule has 0 radical (unpaired) electrons. The highest BCUT2D eigenvalue weighted by molar-refractivity contribution is 6.06. The fraction of sp³-hybridized carbons (Fsp3) is 0.133. The molecule has 0 aliphatic rings. The number of benzene rings is 2. The van der Waals surface area contributed by atoms with Crippen molar-refractivity contribution in [3.05, 3.63) is 53.6 Å². The summed E-state index contributed by atoms with van der Waals surface area (Å²) in [4.78, 5) is 12.2. The van der Waals surface area contributed by atoms with Crippen LogP contribution in [0.1, 0.15) is 10.4 Å². The van der Waals surface area contributed by atoms with E-state index in [-0.39, 0.29) is 17.0 Å². The van der Waals surface area contributed by atoms with Crippen LogP contribution in [0.3, 0.4) is 0 Å². The number of nitrogens with one attached hydrogen (secondary N) is 1. The molecule has 21 heavy (non-hydrogen) atoms. The van der Waals surface area contributed by atoms with Gasteiger partial charge in [-0.05, 0) is 24.3 Å². The molecule has 0 aromatic heterocycles. The number of methoxy groups -OCH3 is 2. The minimum atomic E-state index is -1.04. The Balaban J connectivity index is 2.30. The summed E-state index contributed by atoms with van der Waals surface area (Å²) in [7, 11) is 2.86. The van der Waals surface area contributed by atoms with Crippen molar-refractivity contribution in [3.63, 3.8) is 0 Å². The number of carbonyl (C=O) groups excluding carboxylic acids is 1. The molecule has 110 valence electrons. The molecule has 0 fully saturated rings. The molecule has 0 bridgehead atoms. The monoisotopic (exact) mass is 293 g/mol. The maximum absolute atomic E-state index is 13.1. The van der Waals surface area contributed by atoms with E-state index in [1.54, 1.807) is 12.1 Å². The third kappa shape index (κ3) is 3.10. The topological polar surface area (TPSA) is 47.6 Å². The lowest BCUT2D eigenvalue weighted by molar-refractivity contribution is 0.102. The van der Waals surface area contributed by atoms with E-state index >= 15 is 0 Å². The first kappa shape index (κ1) is 14.8. The molecular formula is C15H13F2NO3. The third-order valence-corrected chi connectivity index (χ3v) is 2.83. The number of carbonyl (C=O) groups is 1. The predicted octanol–water partition coefficient (Wildman–Crippen LogP) is 3.23. The van der Waals surface area contributed by atoms with Gasteiger partial charge in [-0.25, -0.2) is 8.78 Å². The summed E-state index contributed by atoms with van der Waals surface area (Å²) in [5.74, 6) is -1.87. The number of halogens is 2. The lowest BCUT2D eigenvalue weighted by Crippen LogP contribution is -2.13. The average Bonchev–Trinajstić information content (AvgIpc) is 2.49. The van der Waals surface area contributed by atoms with Crippen LogP contribution in [0.15, 0.2) is 36.4 Å². The van der Waals surface area contributed by atoms with Gasteiger partial charge in [0.05, 0.1) is 19.8 Å². The highest BCUT2D eigenvalue weighted by Gasteiger charge is 2.16. The Morgan fingerprint density at radius 2 is 1.81 bits per heavy atom. The molecule has 0 atom stereocenters. The van der Waals surface area contributed by atoms with Crippen LogP contribution < -0.4 is 14.8 Å². The first-order chi connectivity index (χ1) is 10.1. The second-order valence-electron chi connectivity index (χ2n) is 4.12. The van der Waals surface area contributed by atoms with E-state index in [9.17, 15) is 13.6 Å². The molecule has 2 aromatic carbocycles. The summed E-state index contributed by atoms with van der Waals surface area (Å²) in [6.45, 7) is 0. The lowest BCUT2D eigenvalue weighted by atomic mass is 10.1. The van der Waals surface area contributed by atoms with Crippen molar-refractivity contribution in [1.82, 2.24) is 0 Å². The van der Waals surface area contributed by atoms with E-state index in [1.807, 2.05) is 0 Å². The molecule has 0 aliphatic carbocycles. The van der Waals surface area contributed by atoms with Gasteiger partial charge in [0.1, 0.15) is 0 Å². The van der Waals surface area contributed by atoms with Crippen LogP contribution in [0.25, 0.3) is 0 Å². The zero-order valence-corrected chi connectivity index (χ0v) is 11.4. The largest absolute Gasteiger partial charge is 0.493 e. The van der Waals surface area contributed by atoms with Crippen LogP contribution in [0.4, 0.5) is 14.5 Å². The number of hydrogen-bond acceptors (Lipinski definition) is 3. The minimum Gasteiger partial charge on any atom is -0.493 e. The van der Waals surface area contributed by atoms with Crippen LogP contribution in [0.5, 0.6) is 11.5 Å². The molecule has 0 heterocycles. The Kier molecular flexibility index (Phi) is 4.37. The van der Waals surface area contributed by atoms with Crippen molar-refractivity contribution in [2.45, 2.75) is 0 Å². The van der Waals surface area contributed by atoms with E-state index in [0.29, 0.717) is 5.75 Å². The van der Waals surface area contributed by atoms with Gasteiger partial charge in [0, 0.05) is 11.8 Å². The minimum absolute atomic E-state index is 0.142. The summed E-state index contributed by atoms with van der Waals surface area (Å²) in [6, 6.07) is 7.92. The molecule has 0 unspecified atom stereocenters. The maximum atomic E-state index is 13.1. The molecule has 4 nitrogen and oxygen atoms in total. The van der Waals surface area contributed by atoms with Gasteiger partial charge >= 0.3 is 0 Å². The van der Waals surface area contributed by atoms with Gasteiger partial charge in [-0.15, -0.1) is 0 Å². The van der Waals surface area contributed by atoms with Crippen molar-refractivity contribution in [1.29, 1.82) is 0 Å². The van der Waals surface area contributed by atoms with Crippen molar-refractivity contribution in [2.75, 3.05) is 19.5 Å². The highest BCUT2D eigenvalue weighted by Crippen LogP contribution is 2.31. The Hall–Kier alpha value is -2.63. The molecule has 0 saturated carbocycles. The first-order valence-corrected chi connectivity index (χ1v) is 6.04. The molecule has 0 aliphatic heterocycles. The van der Waals surface area contributed by atoms with Gasteiger partial charge < -0.3 is 14.8 Å². The van der Waals surface area contributed by atoms with Crippen molar-refractivity contribution < 1.29 is 23.0 Å². The summed E-state index contributed by atoms with van der Waals surface area (Å²) < 4.78 is 36.2. The van der Waals surface area contributed by atoms with Gasteiger partial charge in [0.15, 0.2) is 23.1 Å². The third-order valence-electron chi connectivity index (χ3n) is 2.83. The van der Waals surface area contributed by atoms with Crippen LogP contribution in [-0.2, 0) is 0 Å². The number of amides is 1. The van der Waals surface area contributed by atoms with Crippen molar-refractivity contribution in [3.8, 4) is 11.5 Å². The second-order valence-corrected chi connectivity index (χ2v) is 4.12. The van der Waals surface area contributed by atoms with Gasteiger partial charge in [0.2, 0.25) is 0 Å². The Bertz CT molecular complexity index is 674. The van der Waals surface area contributed by atoms with Gasteiger partial charge in [0.25, 0.3) is 5.91 Å². The fourth-order valence-corrected chi connectivity index (χ4v) is 1.84. The molecule has 2 rings (SSSR count). The summed E-state index contributed by atoms with van der Waals surface area (Å²) >= 11 is 0. The molecule has 1 N–H and O–H groups in total. The maximum Gasteiger partial charge on any atom is 0.259 e. The lowest BCUT2D eigenvalue weighted by Gasteiger charge is -2.12. The number of para-hydroxylation sites is 1. The Labute approximate surface area is 120 Å². The quantitative estimate of drug-likeness (QED) is 0.941. The number of rotatable bonds is 4. The van der Waals surface area contributed by atoms with E-state index < -0.39 is 17.5 Å². The van der Waals surface area contributed by atoms with Crippen LogP contribution in [-0.4, -0.2) is 20.1 Å². The molecular weight excluding hydrogens is 280 g/mol. The van der Waals surface area contributed by atoms with E-state index in [0.717, 1.165) is 12.1 Å². The van der Waals surface area contributed by atoms with Gasteiger partial charge in [-0.3, -0.25) is 4.79 Å². The summed E-state index contributed by atoms with van der Waals surface area (Å²) in [6.07, 6.45) is 0. The number of hydrogen-bond donors (Lipinski definition) is 1.